The fourth-order valence-electron chi connectivity index (χ4n) is 2.50. The molecule has 6 nitrogen and oxygen atoms in total. The van der Waals surface area contributed by atoms with Gasteiger partial charge in [-0.2, -0.15) is 0 Å². The van der Waals surface area contributed by atoms with Gasteiger partial charge in [-0.15, -0.1) is 0 Å². The molecule has 0 unspecified atom stereocenters. The Hall–Kier alpha value is -3.28. The number of urea groups is 1. The first-order valence-electron chi connectivity index (χ1n) is 8.30. The van der Waals surface area contributed by atoms with Crippen molar-refractivity contribution in [3.63, 3.8) is 0 Å². The summed E-state index contributed by atoms with van der Waals surface area (Å²) < 4.78 is 10.3. The number of benzene rings is 2. The quantitative estimate of drug-likeness (QED) is 0.711. The van der Waals surface area contributed by atoms with Gasteiger partial charge in [0.15, 0.2) is 5.89 Å². The van der Waals surface area contributed by atoms with Crippen LogP contribution >= 0.6 is 0 Å². The summed E-state index contributed by atoms with van der Waals surface area (Å²) in [5, 5.41) is 5.57. The lowest BCUT2D eigenvalue weighted by atomic mass is 10.0. The van der Waals surface area contributed by atoms with E-state index in [9.17, 15) is 4.79 Å². The van der Waals surface area contributed by atoms with E-state index in [-0.39, 0.29) is 6.03 Å². The molecule has 0 aliphatic carbocycles. The molecule has 0 saturated heterocycles. The van der Waals surface area contributed by atoms with E-state index in [0.717, 1.165) is 22.4 Å². The van der Waals surface area contributed by atoms with Crippen molar-refractivity contribution < 1.29 is 13.9 Å². The van der Waals surface area contributed by atoms with Gasteiger partial charge in [-0.05, 0) is 28.8 Å². The van der Waals surface area contributed by atoms with Crippen LogP contribution in [0.3, 0.4) is 0 Å². The molecule has 1 aromatic heterocycles. The molecule has 3 aromatic rings. The molecule has 0 aliphatic heterocycles. The highest BCUT2D eigenvalue weighted by molar-refractivity contribution is 5.73. The van der Waals surface area contributed by atoms with E-state index in [2.05, 4.69) is 15.6 Å². The Morgan fingerprint density at radius 3 is 2.19 bits per heavy atom. The second kappa shape index (κ2) is 8.20. The number of aryl methyl sites for hydroxylation is 1. The third-order valence-corrected chi connectivity index (χ3v) is 3.93. The highest BCUT2D eigenvalue weighted by atomic mass is 16.5. The van der Waals surface area contributed by atoms with Crippen LogP contribution in [-0.4, -0.2) is 18.1 Å². The van der Waals surface area contributed by atoms with Crippen LogP contribution < -0.4 is 15.4 Å². The molecule has 26 heavy (non-hydrogen) atoms. The van der Waals surface area contributed by atoms with Crippen molar-refractivity contribution in [2.45, 2.75) is 20.0 Å². The molecular weight excluding hydrogens is 330 g/mol. The summed E-state index contributed by atoms with van der Waals surface area (Å²) in [6.07, 6.45) is 1.54. The van der Waals surface area contributed by atoms with Gasteiger partial charge in [-0.3, -0.25) is 0 Å². The second-order valence-electron chi connectivity index (χ2n) is 5.82. The molecule has 0 fully saturated rings. The van der Waals surface area contributed by atoms with Crippen molar-refractivity contribution in [2.24, 2.45) is 0 Å². The maximum absolute atomic E-state index is 11.9. The molecule has 0 saturated carbocycles. The molecule has 2 N–H and O–H groups in total. The van der Waals surface area contributed by atoms with Gasteiger partial charge in [-0.1, -0.05) is 36.4 Å². The van der Waals surface area contributed by atoms with E-state index in [1.54, 1.807) is 14.0 Å². The van der Waals surface area contributed by atoms with E-state index < -0.39 is 0 Å². The van der Waals surface area contributed by atoms with Gasteiger partial charge in [0.2, 0.25) is 0 Å². The number of rotatable bonds is 6. The van der Waals surface area contributed by atoms with Crippen LogP contribution in [0.15, 0.2) is 59.2 Å². The van der Waals surface area contributed by atoms with Gasteiger partial charge in [0.1, 0.15) is 12.0 Å². The predicted octanol–water partition coefficient (Wildman–Crippen LogP) is 3.66. The number of ether oxygens (including phenoxy) is 1. The van der Waals surface area contributed by atoms with Crippen LogP contribution in [0, 0.1) is 6.92 Å². The first kappa shape index (κ1) is 17.5. The van der Waals surface area contributed by atoms with Gasteiger partial charge >= 0.3 is 6.03 Å². The molecule has 1 heterocycles. The Kier molecular flexibility index (Phi) is 5.53. The molecule has 2 aromatic carbocycles. The van der Waals surface area contributed by atoms with Crippen LogP contribution in [0.1, 0.15) is 17.1 Å². The average Bonchev–Trinajstić information content (AvgIpc) is 3.10. The summed E-state index contributed by atoms with van der Waals surface area (Å²) in [6, 6.07) is 15.7. The lowest BCUT2D eigenvalue weighted by Gasteiger charge is -2.08. The van der Waals surface area contributed by atoms with Crippen molar-refractivity contribution in [2.75, 3.05) is 7.11 Å². The van der Waals surface area contributed by atoms with E-state index in [1.165, 1.54) is 6.26 Å². The first-order valence-corrected chi connectivity index (χ1v) is 8.30. The Bertz CT molecular complexity index is 855. The van der Waals surface area contributed by atoms with Gasteiger partial charge in [0.05, 0.1) is 19.3 Å². The van der Waals surface area contributed by atoms with Crippen molar-refractivity contribution in [1.29, 1.82) is 0 Å². The number of oxazole rings is 1. The minimum Gasteiger partial charge on any atom is -0.497 e. The fourth-order valence-corrected chi connectivity index (χ4v) is 2.50. The SMILES string of the molecule is COc1ccc(-c2ccc(CNC(=O)NCc3coc(C)n3)cc2)cc1. The second-order valence-corrected chi connectivity index (χ2v) is 5.82. The summed E-state index contributed by atoms with van der Waals surface area (Å²) in [7, 11) is 1.65. The maximum atomic E-state index is 11.9. The molecule has 3 rings (SSSR count). The molecule has 0 radical (unpaired) electrons. The number of nitrogens with one attached hydrogen (secondary N) is 2. The van der Waals surface area contributed by atoms with E-state index in [4.69, 9.17) is 9.15 Å². The largest absolute Gasteiger partial charge is 0.497 e. The van der Waals surface area contributed by atoms with Crippen molar-refractivity contribution in [3.8, 4) is 16.9 Å². The predicted molar refractivity (Wildman–Crippen MR) is 98.7 cm³/mol. The monoisotopic (exact) mass is 351 g/mol. The van der Waals surface area contributed by atoms with Crippen LogP contribution in [0.25, 0.3) is 11.1 Å². The van der Waals surface area contributed by atoms with E-state index in [1.807, 2.05) is 48.5 Å². The number of aromatic nitrogens is 1. The molecule has 0 atom stereocenters. The number of carbonyl (C=O) groups is 1. The molecule has 0 bridgehead atoms. The lowest BCUT2D eigenvalue weighted by Crippen LogP contribution is -2.34. The summed E-state index contributed by atoms with van der Waals surface area (Å²) in [4.78, 5) is 16.0. The average molecular weight is 351 g/mol. The molecule has 134 valence electrons. The zero-order chi connectivity index (χ0) is 18.4. The van der Waals surface area contributed by atoms with Crippen LogP contribution in [0.2, 0.25) is 0 Å². The van der Waals surface area contributed by atoms with Crippen LogP contribution in [0.4, 0.5) is 4.79 Å². The number of amides is 2. The normalized spacial score (nSPS) is 10.4. The molecular formula is C20H21N3O3. The van der Waals surface area contributed by atoms with Crippen molar-refractivity contribution in [1.82, 2.24) is 15.6 Å². The molecule has 0 aliphatic rings. The van der Waals surface area contributed by atoms with Crippen molar-refractivity contribution in [3.05, 3.63) is 71.9 Å². The first-order chi connectivity index (χ1) is 12.6. The Balaban J connectivity index is 1.49. The van der Waals surface area contributed by atoms with E-state index >= 15 is 0 Å². The van der Waals surface area contributed by atoms with Gasteiger partial charge in [0, 0.05) is 13.5 Å². The minimum absolute atomic E-state index is 0.245. The summed E-state index contributed by atoms with van der Waals surface area (Å²) in [5.74, 6) is 1.42. The van der Waals surface area contributed by atoms with E-state index in [0.29, 0.717) is 24.7 Å². The summed E-state index contributed by atoms with van der Waals surface area (Å²) in [6.45, 7) is 2.55. The number of nitrogens with zero attached hydrogens (tertiary/aromatic N) is 1. The topological polar surface area (TPSA) is 76.4 Å². The fraction of sp³-hybridized carbons (Fsp3) is 0.200. The molecule has 6 heteroatoms. The third-order valence-electron chi connectivity index (χ3n) is 3.93. The zero-order valence-corrected chi connectivity index (χ0v) is 14.8. The Labute approximate surface area is 152 Å². The zero-order valence-electron chi connectivity index (χ0n) is 14.8. The van der Waals surface area contributed by atoms with Gasteiger partial charge in [-0.25, -0.2) is 9.78 Å². The summed E-state index contributed by atoms with van der Waals surface area (Å²) >= 11 is 0. The Morgan fingerprint density at radius 2 is 1.62 bits per heavy atom. The smallest absolute Gasteiger partial charge is 0.315 e. The summed E-state index contributed by atoms with van der Waals surface area (Å²) in [5.41, 5.74) is 3.95. The number of hydrogen-bond acceptors (Lipinski definition) is 4. The minimum atomic E-state index is -0.245. The van der Waals surface area contributed by atoms with Gasteiger partial charge in [0.25, 0.3) is 0 Å². The van der Waals surface area contributed by atoms with Crippen LogP contribution in [-0.2, 0) is 13.1 Å². The molecule has 2 amide bonds. The highest BCUT2D eigenvalue weighted by Crippen LogP contribution is 2.22. The molecule has 0 spiro atoms. The maximum Gasteiger partial charge on any atom is 0.315 e. The van der Waals surface area contributed by atoms with Crippen molar-refractivity contribution >= 4 is 6.03 Å². The third kappa shape index (κ3) is 4.63. The van der Waals surface area contributed by atoms with Gasteiger partial charge < -0.3 is 19.8 Å². The number of carbonyl (C=O) groups excluding carboxylic acids is 1. The highest BCUT2D eigenvalue weighted by Gasteiger charge is 2.04. The van der Waals surface area contributed by atoms with Crippen LogP contribution in [0.5, 0.6) is 5.75 Å². The number of hydrogen-bond donors (Lipinski definition) is 2. The lowest BCUT2D eigenvalue weighted by molar-refractivity contribution is 0.240. The standard InChI is InChI=1S/C20H21N3O3/c1-14-23-18(13-26-14)12-22-20(24)21-11-15-3-5-16(6-4-15)17-7-9-19(25-2)10-8-17/h3-10,13H,11-12H2,1-2H3,(H2,21,22,24). The number of methoxy groups -OCH3 is 1. The Morgan fingerprint density at radius 1 is 1.00 bits per heavy atom.